The van der Waals surface area contributed by atoms with Gasteiger partial charge in [-0.25, -0.2) is 13.1 Å². The Kier molecular flexibility index (Phi) is 7.04. The summed E-state index contributed by atoms with van der Waals surface area (Å²) in [4.78, 5) is 17.4. The molecule has 2 aromatic carbocycles. The zero-order chi connectivity index (χ0) is 23.4. The smallest absolute Gasteiger partial charge is 0.255 e. The average Bonchev–Trinajstić information content (AvgIpc) is 3.33. The topological polar surface area (TPSA) is 94.9 Å². The van der Waals surface area contributed by atoms with Crippen LogP contribution < -0.4 is 14.9 Å². The van der Waals surface area contributed by atoms with Crippen molar-refractivity contribution in [1.29, 1.82) is 0 Å². The van der Waals surface area contributed by atoms with Crippen LogP contribution in [0.2, 0.25) is 5.02 Å². The monoisotopic (exact) mass is 488 g/mol. The molecule has 0 aliphatic carbocycles. The maximum atomic E-state index is 12.9. The molecule has 0 spiro atoms. The minimum Gasteiger partial charge on any atom is -0.468 e. The molecule has 1 aromatic heterocycles. The number of carbonyl (C=O) groups is 1. The number of likely N-dealkylation sites (N-methyl/N-ethyl adjacent to an activating group) is 1. The van der Waals surface area contributed by atoms with E-state index in [-0.39, 0.29) is 17.3 Å². The third-order valence-corrected chi connectivity index (χ3v) is 7.15. The minimum absolute atomic E-state index is 0.0431. The van der Waals surface area contributed by atoms with E-state index in [1.807, 2.05) is 6.07 Å². The van der Waals surface area contributed by atoms with Gasteiger partial charge in [0.2, 0.25) is 10.0 Å². The molecule has 0 bridgehead atoms. The van der Waals surface area contributed by atoms with Crippen LogP contribution in [0.25, 0.3) is 0 Å². The highest BCUT2D eigenvalue weighted by molar-refractivity contribution is 7.89. The van der Waals surface area contributed by atoms with Crippen molar-refractivity contribution in [2.45, 2.75) is 11.4 Å². The predicted octanol–water partition coefficient (Wildman–Crippen LogP) is 3.42. The lowest BCUT2D eigenvalue weighted by atomic mass is 10.1. The van der Waals surface area contributed by atoms with Gasteiger partial charge in [0, 0.05) is 36.8 Å². The second-order valence-electron chi connectivity index (χ2n) is 7.83. The summed E-state index contributed by atoms with van der Waals surface area (Å²) in [5.41, 5.74) is 1.86. The summed E-state index contributed by atoms with van der Waals surface area (Å²) >= 11 is 6.19. The Bertz CT molecular complexity index is 1210. The summed E-state index contributed by atoms with van der Waals surface area (Å²) in [6, 6.07) is 14.6. The van der Waals surface area contributed by atoms with Crippen molar-refractivity contribution in [2.75, 3.05) is 43.4 Å². The Morgan fingerprint density at radius 3 is 2.45 bits per heavy atom. The van der Waals surface area contributed by atoms with Crippen molar-refractivity contribution in [3.8, 4) is 0 Å². The molecule has 1 amide bonds. The molecule has 2 heterocycles. The maximum absolute atomic E-state index is 12.9. The van der Waals surface area contributed by atoms with Crippen LogP contribution in [0.15, 0.2) is 70.2 Å². The molecule has 33 heavy (non-hydrogen) atoms. The number of rotatable bonds is 7. The van der Waals surface area contributed by atoms with Crippen molar-refractivity contribution in [1.82, 2.24) is 9.62 Å². The summed E-state index contributed by atoms with van der Waals surface area (Å²) in [6.45, 7) is 3.60. The molecular formula is C23H25ClN4O4S. The average molecular weight is 489 g/mol. The number of piperazine rings is 1. The largest absolute Gasteiger partial charge is 0.468 e. The number of nitrogens with zero attached hydrogens (tertiary/aromatic N) is 2. The molecule has 10 heteroatoms. The van der Waals surface area contributed by atoms with Crippen molar-refractivity contribution < 1.29 is 17.6 Å². The third kappa shape index (κ3) is 5.75. The maximum Gasteiger partial charge on any atom is 0.255 e. The highest BCUT2D eigenvalue weighted by Crippen LogP contribution is 2.30. The first-order valence-electron chi connectivity index (χ1n) is 10.5. The van der Waals surface area contributed by atoms with Crippen LogP contribution in [0.5, 0.6) is 0 Å². The van der Waals surface area contributed by atoms with Gasteiger partial charge in [-0.15, -0.1) is 0 Å². The number of sulfonamides is 1. The Balaban J connectivity index is 1.46. The Labute approximate surface area is 198 Å². The molecule has 3 aromatic rings. The number of amides is 1. The van der Waals surface area contributed by atoms with Gasteiger partial charge in [-0.1, -0.05) is 11.6 Å². The Hall–Kier alpha value is -2.85. The second kappa shape index (κ2) is 9.96. The quantitative estimate of drug-likeness (QED) is 0.529. The molecular weight excluding hydrogens is 464 g/mol. The number of nitrogens with one attached hydrogen (secondary N) is 2. The van der Waals surface area contributed by atoms with Crippen LogP contribution in [0.4, 0.5) is 11.4 Å². The van der Waals surface area contributed by atoms with E-state index in [1.165, 1.54) is 30.5 Å². The van der Waals surface area contributed by atoms with Crippen LogP contribution in [0.3, 0.4) is 0 Å². The SMILES string of the molecule is CN1CCN(c2ccc(Cl)cc2NC(=O)c2ccc(S(=O)(=O)NCc3ccco3)cc2)CC1. The van der Waals surface area contributed by atoms with Gasteiger partial charge in [-0.3, -0.25) is 4.79 Å². The summed E-state index contributed by atoms with van der Waals surface area (Å²) in [7, 11) is -1.66. The third-order valence-electron chi connectivity index (χ3n) is 5.49. The van der Waals surface area contributed by atoms with Gasteiger partial charge in [0.25, 0.3) is 5.91 Å². The van der Waals surface area contributed by atoms with E-state index in [9.17, 15) is 13.2 Å². The number of hydrogen-bond donors (Lipinski definition) is 2. The number of benzene rings is 2. The molecule has 2 N–H and O–H groups in total. The number of anilines is 2. The van der Waals surface area contributed by atoms with E-state index < -0.39 is 10.0 Å². The lowest BCUT2D eigenvalue weighted by molar-refractivity contribution is 0.102. The van der Waals surface area contributed by atoms with Gasteiger partial charge in [0.1, 0.15) is 5.76 Å². The van der Waals surface area contributed by atoms with E-state index >= 15 is 0 Å². The van der Waals surface area contributed by atoms with E-state index in [0.29, 0.717) is 22.0 Å². The standard InChI is InChI=1S/C23H25ClN4O4S/c1-27-10-12-28(13-11-27)22-9-6-18(24)15-21(22)26-23(29)17-4-7-20(8-5-17)33(30,31)25-16-19-3-2-14-32-19/h2-9,14-15,25H,10-13,16H2,1H3,(H,26,29). The van der Waals surface area contributed by atoms with Gasteiger partial charge in [-0.2, -0.15) is 0 Å². The number of furan rings is 1. The zero-order valence-electron chi connectivity index (χ0n) is 18.1. The molecule has 1 saturated heterocycles. The first-order chi connectivity index (χ1) is 15.8. The highest BCUT2D eigenvalue weighted by atomic mass is 35.5. The molecule has 1 aliphatic heterocycles. The lowest BCUT2D eigenvalue weighted by Gasteiger charge is -2.35. The van der Waals surface area contributed by atoms with Crippen molar-refractivity contribution >= 4 is 38.9 Å². The molecule has 1 aliphatic rings. The lowest BCUT2D eigenvalue weighted by Crippen LogP contribution is -2.44. The fraction of sp³-hybridized carbons (Fsp3) is 0.261. The van der Waals surface area contributed by atoms with Crippen LogP contribution >= 0.6 is 11.6 Å². The first-order valence-corrected chi connectivity index (χ1v) is 12.3. The normalized spacial score (nSPS) is 14.9. The van der Waals surface area contributed by atoms with Gasteiger partial charge in [0.15, 0.2) is 0 Å². The van der Waals surface area contributed by atoms with Crippen molar-refractivity contribution in [2.24, 2.45) is 0 Å². The van der Waals surface area contributed by atoms with E-state index in [1.54, 1.807) is 24.3 Å². The van der Waals surface area contributed by atoms with Crippen molar-refractivity contribution in [3.63, 3.8) is 0 Å². The second-order valence-corrected chi connectivity index (χ2v) is 10.0. The van der Waals surface area contributed by atoms with Crippen LogP contribution in [0, 0.1) is 0 Å². The first kappa shape index (κ1) is 23.3. The van der Waals surface area contributed by atoms with E-state index in [4.69, 9.17) is 16.0 Å². The molecule has 0 radical (unpaired) electrons. The molecule has 0 saturated carbocycles. The van der Waals surface area contributed by atoms with E-state index in [0.717, 1.165) is 31.9 Å². The van der Waals surface area contributed by atoms with Gasteiger partial charge in [0.05, 0.1) is 29.1 Å². The van der Waals surface area contributed by atoms with Crippen LogP contribution in [0.1, 0.15) is 16.1 Å². The summed E-state index contributed by atoms with van der Waals surface area (Å²) < 4.78 is 32.6. The van der Waals surface area contributed by atoms with Gasteiger partial charge >= 0.3 is 0 Å². The highest BCUT2D eigenvalue weighted by Gasteiger charge is 2.20. The molecule has 0 atom stereocenters. The van der Waals surface area contributed by atoms with Crippen molar-refractivity contribution in [3.05, 3.63) is 77.2 Å². The minimum atomic E-state index is -3.74. The fourth-order valence-corrected chi connectivity index (χ4v) is 4.74. The van der Waals surface area contributed by atoms with Crippen LogP contribution in [-0.4, -0.2) is 52.5 Å². The summed E-state index contributed by atoms with van der Waals surface area (Å²) in [5, 5.41) is 3.44. The Morgan fingerprint density at radius 2 is 1.79 bits per heavy atom. The number of halogens is 1. The summed E-state index contributed by atoms with van der Waals surface area (Å²) in [5.74, 6) is 0.160. The molecule has 8 nitrogen and oxygen atoms in total. The van der Waals surface area contributed by atoms with Gasteiger partial charge < -0.3 is 19.5 Å². The molecule has 174 valence electrons. The van der Waals surface area contributed by atoms with Gasteiger partial charge in [-0.05, 0) is 61.6 Å². The molecule has 4 rings (SSSR count). The number of hydrogen-bond acceptors (Lipinski definition) is 6. The molecule has 1 fully saturated rings. The summed E-state index contributed by atoms with van der Waals surface area (Å²) in [6.07, 6.45) is 1.48. The Morgan fingerprint density at radius 1 is 1.06 bits per heavy atom. The molecule has 0 unspecified atom stereocenters. The zero-order valence-corrected chi connectivity index (χ0v) is 19.7. The van der Waals surface area contributed by atoms with E-state index in [2.05, 4.69) is 26.9 Å². The van der Waals surface area contributed by atoms with Crippen LogP contribution in [-0.2, 0) is 16.6 Å². The number of carbonyl (C=O) groups excluding carboxylic acids is 1. The predicted molar refractivity (Wildman–Crippen MR) is 128 cm³/mol. The fourth-order valence-electron chi connectivity index (χ4n) is 3.57.